The minimum absolute atomic E-state index is 0.0657. The van der Waals surface area contributed by atoms with Crippen LogP contribution in [-0.2, 0) is 13.2 Å². The van der Waals surface area contributed by atoms with Crippen LogP contribution >= 0.6 is 27.5 Å². The summed E-state index contributed by atoms with van der Waals surface area (Å²) in [6.07, 6.45) is 0. The van der Waals surface area contributed by atoms with E-state index in [2.05, 4.69) is 15.9 Å². The van der Waals surface area contributed by atoms with Gasteiger partial charge in [0.2, 0.25) is 0 Å². The SMILES string of the molecule is COc1cc(Cl)cc(CN)c1OCc1cc(Br)ccc1F. The smallest absolute Gasteiger partial charge is 0.166 e. The summed E-state index contributed by atoms with van der Waals surface area (Å²) in [6, 6.07) is 8.02. The van der Waals surface area contributed by atoms with E-state index in [1.165, 1.54) is 13.2 Å². The van der Waals surface area contributed by atoms with Crippen molar-refractivity contribution in [3.63, 3.8) is 0 Å². The first-order chi connectivity index (χ1) is 10.0. The summed E-state index contributed by atoms with van der Waals surface area (Å²) in [7, 11) is 1.51. The number of nitrogens with two attached hydrogens (primary N) is 1. The third kappa shape index (κ3) is 3.87. The van der Waals surface area contributed by atoms with Crippen molar-refractivity contribution in [2.24, 2.45) is 5.73 Å². The molecule has 0 bridgehead atoms. The van der Waals surface area contributed by atoms with Gasteiger partial charge in [-0.25, -0.2) is 4.39 Å². The average Bonchev–Trinajstić information content (AvgIpc) is 2.48. The fourth-order valence-corrected chi connectivity index (χ4v) is 2.53. The van der Waals surface area contributed by atoms with E-state index in [-0.39, 0.29) is 19.0 Å². The van der Waals surface area contributed by atoms with Crippen LogP contribution in [0.3, 0.4) is 0 Å². The Morgan fingerprint density at radius 2 is 2.00 bits per heavy atom. The molecule has 2 aromatic carbocycles. The van der Waals surface area contributed by atoms with Gasteiger partial charge < -0.3 is 15.2 Å². The third-order valence-corrected chi connectivity index (χ3v) is 3.63. The summed E-state index contributed by atoms with van der Waals surface area (Å²) in [6.45, 7) is 0.309. The molecule has 0 spiro atoms. The summed E-state index contributed by atoms with van der Waals surface area (Å²) in [5.74, 6) is 0.613. The fraction of sp³-hybridized carbons (Fsp3) is 0.200. The molecule has 0 saturated carbocycles. The molecule has 2 N–H and O–H groups in total. The molecule has 0 unspecified atom stereocenters. The Hall–Kier alpha value is -1.30. The van der Waals surface area contributed by atoms with Gasteiger partial charge in [0.1, 0.15) is 12.4 Å². The highest BCUT2D eigenvalue weighted by Crippen LogP contribution is 2.35. The van der Waals surface area contributed by atoms with Crippen LogP contribution in [0.5, 0.6) is 11.5 Å². The fourth-order valence-electron chi connectivity index (χ4n) is 1.89. The summed E-state index contributed by atoms with van der Waals surface area (Å²) < 4.78 is 25.5. The lowest BCUT2D eigenvalue weighted by atomic mass is 10.1. The molecule has 0 aromatic heterocycles. The molecule has 6 heteroatoms. The molecule has 0 amide bonds. The minimum atomic E-state index is -0.333. The van der Waals surface area contributed by atoms with E-state index in [9.17, 15) is 4.39 Å². The molecule has 112 valence electrons. The van der Waals surface area contributed by atoms with Crippen LogP contribution < -0.4 is 15.2 Å². The number of rotatable bonds is 5. The highest BCUT2D eigenvalue weighted by Gasteiger charge is 2.13. The molecule has 0 aliphatic rings. The van der Waals surface area contributed by atoms with Gasteiger partial charge in [-0.3, -0.25) is 0 Å². The van der Waals surface area contributed by atoms with Crippen molar-refractivity contribution in [1.82, 2.24) is 0 Å². The Morgan fingerprint density at radius 1 is 1.24 bits per heavy atom. The number of ether oxygens (including phenoxy) is 2. The second kappa shape index (κ2) is 7.11. The van der Waals surface area contributed by atoms with E-state index in [4.69, 9.17) is 26.8 Å². The second-order valence-electron chi connectivity index (χ2n) is 4.32. The van der Waals surface area contributed by atoms with Gasteiger partial charge >= 0.3 is 0 Å². The molecule has 0 heterocycles. The molecule has 0 aliphatic heterocycles. The largest absolute Gasteiger partial charge is 0.493 e. The number of halogens is 3. The van der Waals surface area contributed by atoms with E-state index >= 15 is 0 Å². The maximum absolute atomic E-state index is 13.7. The average molecular weight is 375 g/mol. The summed E-state index contributed by atoms with van der Waals surface area (Å²) in [4.78, 5) is 0. The molecule has 0 radical (unpaired) electrons. The van der Waals surface area contributed by atoms with E-state index in [0.29, 0.717) is 27.6 Å². The van der Waals surface area contributed by atoms with Crippen molar-refractivity contribution in [3.8, 4) is 11.5 Å². The van der Waals surface area contributed by atoms with Crippen LogP contribution in [0.4, 0.5) is 4.39 Å². The van der Waals surface area contributed by atoms with Gasteiger partial charge in [0.15, 0.2) is 11.5 Å². The van der Waals surface area contributed by atoms with E-state index < -0.39 is 0 Å². The predicted octanol–water partition coefficient (Wildman–Crippen LogP) is 4.29. The molecule has 0 atom stereocenters. The van der Waals surface area contributed by atoms with Gasteiger partial charge in [0.05, 0.1) is 7.11 Å². The summed E-state index contributed by atoms with van der Waals surface area (Å²) in [5, 5.41) is 0.508. The molecule has 0 fully saturated rings. The summed E-state index contributed by atoms with van der Waals surface area (Å²) >= 11 is 9.29. The van der Waals surface area contributed by atoms with Crippen LogP contribution in [0.2, 0.25) is 5.02 Å². The Labute approximate surface area is 135 Å². The quantitative estimate of drug-likeness (QED) is 0.849. The van der Waals surface area contributed by atoms with E-state index in [0.717, 1.165) is 4.47 Å². The molecular weight excluding hydrogens is 361 g/mol. The zero-order valence-electron chi connectivity index (χ0n) is 11.3. The first kappa shape index (κ1) is 16.1. The molecule has 2 aromatic rings. The summed E-state index contributed by atoms with van der Waals surface area (Å²) in [5.41, 5.74) is 6.83. The molecule has 0 aliphatic carbocycles. The molecule has 2 rings (SSSR count). The van der Waals surface area contributed by atoms with Gasteiger partial charge in [0, 0.05) is 33.2 Å². The standard InChI is InChI=1S/C15H14BrClFNO2/c1-20-14-6-12(17)5-9(7-19)15(14)21-8-10-4-11(16)2-3-13(10)18/h2-6H,7-8,19H2,1H3. The molecule has 3 nitrogen and oxygen atoms in total. The Bertz CT molecular complexity index is 627. The highest BCUT2D eigenvalue weighted by molar-refractivity contribution is 9.10. The molecule has 21 heavy (non-hydrogen) atoms. The van der Waals surface area contributed by atoms with Crippen LogP contribution in [-0.4, -0.2) is 7.11 Å². The number of hydrogen-bond acceptors (Lipinski definition) is 3. The van der Waals surface area contributed by atoms with Crippen molar-refractivity contribution in [2.45, 2.75) is 13.2 Å². The topological polar surface area (TPSA) is 44.5 Å². The van der Waals surface area contributed by atoms with Crippen molar-refractivity contribution < 1.29 is 13.9 Å². The monoisotopic (exact) mass is 373 g/mol. The number of hydrogen-bond donors (Lipinski definition) is 1. The second-order valence-corrected chi connectivity index (χ2v) is 5.68. The highest BCUT2D eigenvalue weighted by atomic mass is 79.9. The lowest BCUT2D eigenvalue weighted by Crippen LogP contribution is -2.05. The van der Waals surface area contributed by atoms with Crippen LogP contribution in [0.15, 0.2) is 34.8 Å². The zero-order chi connectivity index (χ0) is 15.4. The van der Waals surface area contributed by atoms with Crippen molar-refractivity contribution in [2.75, 3.05) is 7.11 Å². The number of benzene rings is 2. The zero-order valence-corrected chi connectivity index (χ0v) is 13.7. The maximum atomic E-state index is 13.7. The van der Waals surface area contributed by atoms with Gasteiger partial charge in [0.25, 0.3) is 0 Å². The predicted molar refractivity (Wildman–Crippen MR) is 84.3 cm³/mol. The first-order valence-electron chi connectivity index (χ1n) is 6.18. The van der Waals surface area contributed by atoms with Crippen LogP contribution in [0, 0.1) is 5.82 Å². The maximum Gasteiger partial charge on any atom is 0.166 e. The number of methoxy groups -OCH3 is 1. The van der Waals surface area contributed by atoms with Crippen molar-refractivity contribution in [1.29, 1.82) is 0 Å². The normalized spacial score (nSPS) is 10.5. The van der Waals surface area contributed by atoms with Crippen molar-refractivity contribution in [3.05, 3.63) is 56.8 Å². The van der Waals surface area contributed by atoms with Crippen LogP contribution in [0.25, 0.3) is 0 Å². The van der Waals surface area contributed by atoms with Gasteiger partial charge in [-0.15, -0.1) is 0 Å². The van der Waals surface area contributed by atoms with E-state index in [1.54, 1.807) is 24.3 Å². The van der Waals surface area contributed by atoms with Gasteiger partial charge in [-0.1, -0.05) is 27.5 Å². The molecule has 0 saturated heterocycles. The minimum Gasteiger partial charge on any atom is -0.493 e. The lowest BCUT2D eigenvalue weighted by Gasteiger charge is -2.15. The third-order valence-electron chi connectivity index (χ3n) is 2.92. The van der Waals surface area contributed by atoms with E-state index in [1.807, 2.05) is 0 Å². The van der Waals surface area contributed by atoms with Gasteiger partial charge in [-0.2, -0.15) is 0 Å². The Kier molecular flexibility index (Phi) is 5.45. The van der Waals surface area contributed by atoms with Gasteiger partial charge in [-0.05, 0) is 24.3 Å². The lowest BCUT2D eigenvalue weighted by molar-refractivity contribution is 0.276. The first-order valence-corrected chi connectivity index (χ1v) is 7.35. The van der Waals surface area contributed by atoms with Crippen LogP contribution in [0.1, 0.15) is 11.1 Å². The Morgan fingerprint density at radius 3 is 2.67 bits per heavy atom. The Balaban J connectivity index is 2.29. The molecular formula is C15H14BrClFNO2. The van der Waals surface area contributed by atoms with Crippen molar-refractivity contribution >= 4 is 27.5 Å².